The van der Waals surface area contributed by atoms with E-state index in [4.69, 9.17) is 5.73 Å². The van der Waals surface area contributed by atoms with Gasteiger partial charge in [-0.25, -0.2) is 4.98 Å². The van der Waals surface area contributed by atoms with Crippen LogP contribution in [0.1, 0.15) is 49.8 Å². The SMILES string of the molecule is CCC1CCCC(c2cnc(N)s2)C1. The molecule has 0 aromatic carbocycles. The zero-order valence-electron chi connectivity index (χ0n) is 8.70. The molecule has 1 heterocycles. The van der Waals surface area contributed by atoms with Crippen molar-refractivity contribution in [2.75, 3.05) is 5.73 Å². The molecular weight excluding hydrogens is 192 g/mol. The highest BCUT2D eigenvalue weighted by Gasteiger charge is 2.23. The topological polar surface area (TPSA) is 38.9 Å². The summed E-state index contributed by atoms with van der Waals surface area (Å²) in [5.41, 5.74) is 5.66. The monoisotopic (exact) mass is 210 g/mol. The average molecular weight is 210 g/mol. The van der Waals surface area contributed by atoms with Crippen molar-refractivity contribution < 1.29 is 0 Å². The molecule has 0 radical (unpaired) electrons. The Hall–Kier alpha value is -0.570. The standard InChI is InChI=1S/C11H18N2S/c1-2-8-4-3-5-9(6-8)10-7-13-11(12)14-10/h7-9H,2-6H2,1H3,(H2,12,13). The minimum absolute atomic E-state index is 0.721. The summed E-state index contributed by atoms with van der Waals surface area (Å²) >= 11 is 1.67. The maximum atomic E-state index is 5.66. The van der Waals surface area contributed by atoms with Crippen LogP contribution in [-0.4, -0.2) is 4.98 Å². The van der Waals surface area contributed by atoms with Gasteiger partial charge in [0.15, 0.2) is 5.13 Å². The van der Waals surface area contributed by atoms with Gasteiger partial charge in [0.2, 0.25) is 0 Å². The van der Waals surface area contributed by atoms with Crippen molar-refractivity contribution in [1.82, 2.24) is 4.98 Å². The molecule has 2 nitrogen and oxygen atoms in total. The minimum Gasteiger partial charge on any atom is -0.375 e. The molecule has 2 N–H and O–H groups in total. The summed E-state index contributed by atoms with van der Waals surface area (Å²) in [6.45, 7) is 2.30. The molecule has 1 aliphatic rings. The van der Waals surface area contributed by atoms with Crippen LogP contribution in [0.25, 0.3) is 0 Å². The lowest BCUT2D eigenvalue weighted by molar-refractivity contribution is 0.317. The minimum atomic E-state index is 0.721. The van der Waals surface area contributed by atoms with Crippen molar-refractivity contribution in [3.63, 3.8) is 0 Å². The van der Waals surface area contributed by atoms with Crippen LogP contribution in [0.3, 0.4) is 0 Å². The number of hydrogen-bond donors (Lipinski definition) is 1. The van der Waals surface area contributed by atoms with Crippen LogP contribution in [0.15, 0.2) is 6.20 Å². The largest absolute Gasteiger partial charge is 0.375 e. The molecule has 1 fully saturated rings. The Kier molecular flexibility index (Phi) is 3.06. The molecule has 2 atom stereocenters. The Morgan fingerprint density at radius 1 is 1.57 bits per heavy atom. The number of hydrogen-bond acceptors (Lipinski definition) is 3. The molecule has 0 spiro atoms. The third kappa shape index (κ3) is 2.08. The summed E-state index contributed by atoms with van der Waals surface area (Å²) < 4.78 is 0. The van der Waals surface area contributed by atoms with Gasteiger partial charge in [-0.3, -0.25) is 0 Å². The molecule has 2 unspecified atom stereocenters. The summed E-state index contributed by atoms with van der Waals surface area (Å²) in [6.07, 6.45) is 8.77. The van der Waals surface area contributed by atoms with Crippen LogP contribution in [0, 0.1) is 5.92 Å². The second-order valence-corrected chi connectivity index (χ2v) is 5.33. The number of nitrogens with two attached hydrogens (primary N) is 1. The van der Waals surface area contributed by atoms with E-state index in [1.54, 1.807) is 11.3 Å². The summed E-state index contributed by atoms with van der Waals surface area (Å²) in [4.78, 5) is 5.54. The quantitative estimate of drug-likeness (QED) is 0.812. The fourth-order valence-electron chi connectivity index (χ4n) is 2.41. The zero-order chi connectivity index (χ0) is 9.97. The zero-order valence-corrected chi connectivity index (χ0v) is 9.52. The van der Waals surface area contributed by atoms with Gasteiger partial charge < -0.3 is 5.73 Å². The lowest BCUT2D eigenvalue weighted by Crippen LogP contribution is -2.12. The first-order valence-corrected chi connectivity index (χ1v) is 6.32. The fourth-order valence-corrected chi connectivity index (χ4v) is 3.24. The first-order chi connectivity index (χ1) is 6.79. The molecule has 78 valence electrons. The van der Waals surface area contributed by atoms with E-state index in [1.807, 2.05) is 6.20 Å². The Morgan fingerprint density at radius 2 is 2.43 bits per heavy atom. The van der Waals surface area contributed by atoms with Gasteiger partial charge in [0.05, 0.1) is 0 Å². The number of anilines is 1. The van der Waals surface area contributed by atoms with Gasteiger partial charge in [0.1, 0.15) is 0 Å². The van der Waals surface area contributed by atoms with E-state index < -0.39 is 0 Å². The lowest BCUT2D eigenvalue weighted by Gasteiger charge is -2.27. The van der Waals surface area contributed by atoms with Crippen molar-refractivity contribution in [2.45, 2.75) is 44.9 Å². The summed E-state index contributed by atoms with van der Waals surface area (Å²) in [7, 11) is 0. The van der Waals surface area contributed by atoms with Crippen molar-refractivity contribution in [3.8, 4) is 0 Å². The first-order valence-electron chi connectivity index (χ1n) is 5.50. The fraction of sp³-hybridized carbons (Fsp3) is 0.727. The molecule has 3 heteroatoms. The highest BCUT2D eigenvalue weighted by atomic mass is 32.1. The van der Waals surface area contributed by atoms with E-state index in [1.165, 1.54) is 37.0 Å². The normalized spacial score (nSPS) is 27.8. The van der Waals surface area contributed by atoms with E-state index in [9.17, 15) is 0 Å². The van der Waals surface area contributed by atoms with Gasteiger partial charge in [-0.15, -0.1) is 11.3 Å². The number of thiazole rings is 1. The number of rotatable bonds is 2. The van der Waals surface area contributed by atoms with E-state index in [0.717, 1.165) is 17.0 Å². The molecule has 2 rings (SSSR count). The van der Waals surface area contributed by atoms with Gasteiger partial charge in [-0.2, -0.15) is 0 Å². The predicted molar refractivity (Wildman–Crippen MR) is 61.5 cm³/mol. The molecular formula is C11H18N2S. The maximum absolute atomic E-state index is 5.66. The van der Waals surface area contributed by atoms with E-state index in [-0.39, 0.29) is 0 Å². The van der Waals surface area contributed by atoms with Crippen molar-refractivity contribution >= 4 is 16.5 Å². The number of nitrogens with zero attached hydrogens (tertiary/aromatic N) is 1. The molecule has 0 amide bonds. The van der Waals surface area contributed by atoms with Gasteiger partial charge in [-0.05, 0) is 24.7 Å². The highest BCUT2D eigenvalue weighted by molar-refractivity contribution is 7.15. The van der Waals surface area contributed by atoms with Crippen LogP contribution >= 0.6 is 11.3 Å². The van der Waals surface area contributed by atoms with Crippen molar-refractivity contribution in [1.29, 1.82) is 0 Å². The van der Waals surface area contributed by atoms with Crippen LogP contribution in [0.4, 0.5) is 5.13 Å². The molecule has 14 heavy (non-hydrogen) atoms. The molecule has 1 saturated carbocycles. The lowest BCUT2D eigenvalue weighted by atomic mass is 9.80. The van der Waals surface area contributed by atoms with E-state index in [2.05, 4.69) is 11.9 Å². The molecule has 0 bridgehead atoms. The van der Waals surface area contributed by atoms with Crippen molar-refractivity contribution in [2.24, 2.45) is 5.92 Å². The maximum Gasteiger partial charge on any atom is 0.180 e. The number of aromatic nitrogens is 1. The third-order valence-corrected chi connectivity index (χ3v) is 4.29. The van der Waals surface area contributed by atoms with Gasteiger partial charge in [0, 0.05) is 11.1 Å². The first kappa shape index (κ1) is 9.97. The van der Waals surface area contributed by atoms with Gasteiger partial charge >= 0.3 is 0 Å². The summed E-state index contributed by atoms with van der Waals surface area (Å²) in [5.74, 6) is 1.67. The molecule has 1 aliphatic carbocycles. The third-order valence-electron chi connectivity index (χ3n) is 3.30. The average Bonchev–Trinajstić information content (AvgIpc) is 2.65. The Balaban J connectivity index is 2.04. The van der Waals surface area contributed by atoms with Crippen LogP contribution in [-0.2, 0) is 0 Å². The smallest absolute Gasteiger partial charge is 0.180 e. The molecule has 1 aromatic rings. The van der Waals surface area contributed by atoms with Crippen LogP contribution < -0.4 is 5.73 Å². The second-order valence-electron chi connectivity index (χ2n) is 4.24. The van der Waals surface area contributed by atoms with Crippen LogP contribution in [0.2, 0.25) is 0 Å². The summed E-state index contributed by atoms with van der Waals surface area (Å²) in [5, 5.41) is 0.721. The second kappa shape index (κ2) is 4.30. The van der Waals surface area contributed by atoms with E-state index in [0.29, 0.717) is 0 Å². The number of nitrogen functional groups attached to an aromatic ring is 1. The Labute approximate surface area is 89.5 Å². The molecule has 1 aromatic heterocycles. The van der Waals surface area contributed by atoms with Crippen molar-refractivity contribution in [3.05, 3.63) is 11.1 Å². The Bertz CT molecular complexity index is 295. The molecule has 0 saturated heterocycles. The Morgan fingerprint density at radius 3 is 3.07 bits per heavy atom. The summed E-state index contributed by atoms with van der Waals surface area (Å²) in [6, 6.07) is 0. The predicted octanol–water partition coefficient (Wildman–Crippen LogP) is 3.41. The van der Waals surface area contributed by atoms with E-state index >= 15 is 0 Å². The van der Waals surface area contributed by atoms with Gasteiger partial charge in [-0.1, -0.05) is 26.2 Å². The highest BCUT2D eigenvalue weighted by Crippen LogP contribution is 2.39. The van der Waals surface area contributed by atoms with Crippen LogP contribution in [0.5, 0.6) is 0 Å². The van der Waals surface area contributed by atoms with Gasteiger partial charge in [0.25, 0.3) is 0 Å². The molecule has 0 aliphatic heterocycles.